The minimum absolute atomic E-state index is 0.162. The van der Waals surface area contributed by atoms with Crippen molar-refractivity contribution in [1.29, 1.82) is 5.26 Å². The van der Waals surface area contributed by atoms with Crippen LogP contribution in [0.4, 0.5) is 0 Å². The van der Waals surface area contributed by atoms with Gasteiger partial charge in [0.15, 0.2) is 11.5 Å². The van der Waals surface area contributed by atoms with Crippen molar-refractivity contribution in [2.24, 2.45) is 0 Å². The molecular weight excluding hydrogens is 306 g/mol. The zero-order valence-corrected chi connectivity index (χ0v) is 13.3. The Balaban J connectivity index is 2.04. The minimum Gasteiger partial charge on any atom is -0.493 e. The van der Waals surface area contributed by atoms with E-state index in [9.17, 15) is 4.79 Å². The average molecular weight is 321 g/mol. The molecule has 0 aliphatic rings. The van der Waals surface area contributed by atoms with Crippen LogP contribution in [-0.2, 0) is 6.54 Å². The molecule has 0 radical (unpaired) electrons. The van der Waals surface area contributed by atoms with Gasteiger partial charge in [-0.3, -0.25) is 9.36 Å². The summed E-state index contributed by atoms with van der Waals surface area (Å²) in [5, 5.41) is 9.30. The largest absolute Gasteiger partial charge is 0.493 e. The molecule has 0 aliphatic carbocycles. The van der Waals surface area contributed by atoms with E-state index in [1.54, 1.807) is 24.3 Å². The predicted molar refractivity (Wildman–Crippen MR) is 89.4 cm³/mol. The quantitative estimate of drug-likeness (QED) is 0.737. The van der Waals surface area contributed by atoms with Crippen LogP contribution < -0.4 is 15.0 Å². The molecule has 0 fully saturated rings. The summed E-state index contributed by atoms with van der Waals surface area (Å²) in [6.45, 7) is 0.377. The first-order chi connectivity index (χ1) is 11.7. The SMILES string of the molecule is COc1cc2ncn(Cc3ccc(C#N)cc3)c(=O)c2cc1OC. The number of benzene rings is 2. The molecule has 0 spiro atoms. The second kappa shape index (κ2) is 6.42. The zero-order valence-electron chi connectivity index (χ0n) is 13.3. The summed E-state index contributed by atoms with van der Waals surface area (Å²) in [6.07, 6.45) is 1.51. The van der Waals surface area contributed by atoms with E-state index >= 15 is 0 Å². The number of ether oxygens (including phenoxy) is 2. The van der Waals surface area contributed by atoms with Crippen LogP contribution in [0.15, 0.2) is 47.5 Å². The van der Waals surface area contributed by atoms with E-state index in [0.29, 0.717) is 34.5 Å². The topological polar surface area (TPSA) is 77.1 Å². The molecule has 3 aromatic rings. The molecule has 0 aliphatic heterocycles. The lowest BCUT2D eigenvalue weighted by Gasteiger charge is -2.10. The van der Waals surface area contributed by atoms with Gasteiger partial charge in [-0.25, -0.2) is 4.98 Å². The number of methoxy groups -OCH3 is 2. The number of aromatic nitrogens is 2. The van der Waals surface area contributed by atoms with Crippen LogP contribution in [-0.4, -0.2) is 23.8 Å². The van der Waals surface area contributed by atoms with Gasteiger partial charge in [0.05, 0.1) is 49.6 Å². The zero-order chi connectivity index (χ0) is 17.1. The molecule has 1 heterocycles. The molecule has 6 nitrogen and oxygen atoms in total. The highest BCUT2D eigenvalue weighted by Gasteiger charge is 2.11. The Morgan fingerprint density at radius 2 is 1.79 bits per heavy atom. The number of nitriles is 1. The van der Waals surface area contributed by atoms with Crippen molar-refractivity contribution in [3.8, 4) is 17.6 Å². The summed E-state index contributed by atoms with van der Waals surface area (Å²) in [7, 11) is 3.06. The first-order valence-electron chi connectivity index (χ1n) is 7.26. The molecule has 0 saturated carbocycles. The van der Waals surface area contributed by atoms with Gasteiger partial charge >= 0.3 is 0 Å². The van der Waals surface area contributed by atoms with Crippen molar-refractivity contribution in [2.75, 3.05) is 14.2 Å². The summed E-state index contributed by atoms with van der Waals surface area (Å²) in [5.74, 6) is 1.02. The number of fused-ring (bicyclic) bond motifs is 1. The van der Waals surface area contributed by atoms with Crippen LogP contribution in [0.2, 0.25) is 0 Å². The van der Waals surface area contributed by atoms with Crippen LogP contribution in [0, 0.1) is 11.3 Å². The Morgan fingerprint density at radius 1 is 1.12 bits per heavy atom. The first kappa shape index (κ1) is 15.6. The summed E-state index contributed by atoms with van der Waals surface area (Å²) >= 11 is 0. The molecule has 24 heavy (non-hydrogen) atoms. The number of rotatable bonds is 4. The number of hydrogen-bond donors (Lipinski definition) is 0. The number of nitrogens with zero attached hydrogens (tertiary/aromatic N) is 3. The van der Waals surface area contributed by atoms with Crippen molar-refractivity contribution in [1.82, 2.24) is 9.55 Å². The Bertz CT molecular complexity index is 985. The molecule has 0 N–H and O–H groups in total. The lowest BCUT2D eigenvalue weighted by molar-refractivity contribution is 0.355. The third-order valence-corrected chi connectivity index (χ3v) is 3.77. The second-order valence-electron chi connectivity index (χ2n) is 5.21. The molecular formula is C18H15N3O3. The molecule has 0 atom stereocenters. The maximum Gasteiger partial charge on any atom is 0.261 e. The van der Waals surface area contributed by atoms with Gasteiger partial charge in [-0.2, -0.15) is 5.26 Å². The van der Waals surface area contributed by atoms with Gasteiger partial charge in [-0.1, -0.05) is 12.1 Å². The first-order valence-corrected chi connectivity index (χ1v) is 7.26. The van der Waals surface area contributed by atoms with E-state index < -0.39 is 0 Å². The Kier molecular flexibility index (Phi) is 4.17. The molecule has 3 rings (SSSR count). The van der Waals surface area contributed by atoms with Gasteiger partial charge in [-0.05, 0) is 23.8 Å². The van der Waals surface area contributed by atoms with Crippen molar-refractivity contribution in [2.45, 2.75) is 6.54 Å². The van der Waals surface area contributed by atoms with Crippen LogP contribution in [0.5, 0.6) is 11.5 Å². The van der Waals surface area contributed by atoms with E-state index in [1.165, 1.54) is 25.1 Å². The maximum absolute atomic E-state index is 12.7. The maximum atomic E-state index is 12.7. The summed E-state index contributed by atoms with van der Waals surface area (Å²) < 4.78 is 12.0. The van der Waals surface area contributed by atoms with E-state index in [4.69, 9.17) is 14.7 Å². The molecule has 0 bridgehead atoms. The highest BCUT2D eigenvalue weighted by molar-refractivity contribution is 5.81. The minimum atomic E-state index is -0.162. The highest BCUT2D eigenvalue weighted by Crippen LogP contribution is 2.29. The van der Waals surface area contributed by atoms with Crippen LogP contribution in [0.25, 0.3) is 10.9 Å². The fraction of sp³-hybridized carbons (Fsp3) is 0.167. The van der Waals surface area contributed by atoms with E-state index in [-0.39, 0.29) is 5.56 Å². The van der Waals surface area contributed by atoms with Gasteiger partial charge in [-0.15, -0.1) is 0 Å². The molecule has 6 heteroatoms. The van der Waals surface area contributed by atoms with E-state index in [2.05, 4.69) is 11.1 Å². The highest BCUT2D eigenvalue weighted by atomic mass is 16.5. The van der Waals surface area contributed by atoms with Crippen LogP contribution in [0.1, 0.15) is 11.1 Å². The standard InChI is InChI=1S/C18H15N3O3/c1-23-16-7-14-15(8-17(16)24-2)20-11-21(18(14)22)10-13-5-3-12(9-19)4-6-13/h3-8,11H,10H2,1-2H3. The predicted octanol–water partition coefficient (Wildman–Crippen LogP) is 2.33. The van der Waals surface area contributed by atoms with Crippen LogP contribution >= 0.6 is 0 Å². The molecule has 0 unspecified atom stereocenters. The van der Waals surface area contributed by atoms with Gasteiger partial charge in [0, 0.05) is 6.07 Å². The van der Waals surface area contributed by atoms with Gasteiger partial charge < -0.3 is 9.47 Å². The summed E-state index contributed by atoms with van der Waals surface area (Å²) in [4.78, 5) is 17.0. The average Bonchev–Trinajstić information content (AvgIpc) is 2.63. The Labute approximate surface area is 138 Å². The van der Waals surface area contributed by atoms with Crippen molar-refractivity contribution in [3.63, 3.8) is 0 Å². The molecule has 120 valence electrons. The van der Waals surface area contributed by atoms with E-state index in [0.717, 1.165) is 5.56 Å². The van der Waals surface area contributed by atoms with Crippen molar-refractivity contribution in [3.05, 3.63) is 64.2 Å². The van der Waals surface area contributed by atoms with Gasteiger partial charge in [0.2, 0.25) is 0 Å². The lowest BCUT2D eigenvalue weighted by Crippen LogP contribution is -2.21. The molecule has 1 aromatic heterocycles. The Hall–Kier alpha value is -3.33. The monoisotopic (exact) mass is 321 g/mol. The normalized spacial score (nSPS) is 10.4. The Morgan fingerprint density at radius 3 is 2.42 bits per heavy atom. The summed E-state index contributed by atoms with van der Waals surface area (Å²) in [6, 6.07) is 12.5. The van der Waals surface area contributed by atoms with Crippen molar-refractivity contribution < 1.29 is 9.47 Å². The smallest absolute Gasteiger partial charge is 0.261 e. The third kappa shape index (κ3) is 2.79. The lowest BCUT2D eigenvalue weighted by atomic mass is 10.1. The second-order valence-corrected chi connectivity index (χ2v) is 5.21. The number of hydrogen-bond acceptors (Lipinski definition) is 5. The third-order valence-electron chi connectivity index (χ3n) is 3.77. The molecule has 2 aromatic carbocycles. The van der Waals surface area contributed by atoms with Gasteiger partial charge in [0.25, 0.3) is 5.56 Å². The van der Waals surface area contributed by atoms with Crippen molar-refractivity contribution >= 4 is 10.9 Å². The fourth-order valence-corrected chi connectivity index (χ4v) is 2.48. The van der Waals surface area contributed by atoms with Gasteiger partial charge in [0.1, 0.15) is 0 Å². The molecule has 0 amide bonds. The van der Waals surface area contributed by atoms with E-state index in [1.807, 2.05) is 12.1 Å². The summed E-state index contributed by atoms with van der Waals surface area (Å²) in [5.41, 5.74) is 1.89. The fourth-order valence-electron chi connectivity index (χ4n) is 2.48. The molecule has 0 saturated heterocycles. The van der Waals surface area contributed by atoms with Crippen LogP contribution in [0.3, 0.4) is 0 Å².